The summed E-state index contributed by atoms with van der Waals surface area (Å²) in [6, 6.07) is 6.64. The van der Waals surface area contributed by atoms with Crippen molar-refractivity contribution in [3.05, 3.63) is 29.3 Å². The van der Waals surface area contributed by atoms with E-state index >= 15 is 0 Å². The van der Waals surface area contributed by atoms with E-state index < -0.39 is 0 Å². The fraction of sp³-hybridized carbons (Fsp3) is 0.667. The van der Waals surface area contributed by atoms with Gasteiger partial charge in [-0.05, 0) is 74.2 Å². The topological polar surface area (TPSA) is 23.5 Å². The quantitative estimate of drug-likeness (QED) is 0.833. The second kappa shape index (κ2) is 4.77. The van der Waals surface area contributed by atoms with Gasteiger partial charge in [-0.3, -0.25) is 4.90 Å². The van der Waals surface area contributed by atoms with Crippen LogP contribution in [0.4, 0.5) is 0 Å². The molecule has 1 unspecified atom stereocenters. The van der Waals surface area contributed by atoms with E-state index in [4.69, 9.17) is 0 Å². The van der Waals surface area contributed by atoms with Crippen LogP contribution in [-0.2, 0) is 6.42 Å². The summed E-state index contributed by atoms with van der Waals surface area (Å²) in [6.45, 7) is 2.53. The molecule has 0 aromatic heterocycles. The fourth-order valence-corrected chi connectivity index (χ4v) is 4.93. The highest BCUT2D eigenvalue weighted by Gasteiger charge is 2.39. The van der Waals surface area contributed by atoms with E-state index in [0.717, 1.165) is 6.42 Å². The molecule has 1 heterocycles. The van der Waals surface area contributed by atoms with Crippen LogP contribution in [0.1, 0.15) is 62.1 Å². The molecule has 1 saturated carbocycles. The predicted octanol–water partition coefficient (Wildman–Crippen LogP) is 4.04. The number of hydrogen-bond donors (Lipinski definition) is 1. The maximum Gasteiger partial charge on any atom is 0.119 e. The summed E-state index contributed by atoms with van der Waals surface area (Å²) in [5.41, 5.74) is 3.31. The largest absolute Gasteiger partial charge is 0.508 e. The van der Waals surface area contributed by atoms with Gasteiger partial charge in [0.25, 0.3) is 0 Å². The van der Waals surface area contributed by atoms with Crippen molar-refractivity contribution >= 4 is 0 Å². The predicted molar refractivity (Wildman–Crippen MR) is 80.9 cm³/mol. The maximum atomic E-state index is 10.00. The SMILES string of the molecule is Oc1cccc2c1CCC2N1CCC2(CCCC2)CC1. The van der Waals surface area contributed by atoms with Gasteiger partial charge >= 0.3 is 0 Å². The molecule has 2 aliphatic carbocycles. The summed E-state index contributed by atoms with van der Waals surface area (Å²) in [4.78, 5) is 2.69. The molecule has 1 aliphatic heterocycles. The molecular formula is C18H25NO. The van der Waals surface area contributed by atoms with Crippen LogP contribution in [0.2, 0.25) is 0 Å². The van der Waals surface area contributed by atoms with Crippen LogP contribution in [0.3, 0.4) is 0 Å². The Morgan fingerprint density at radius 3 is 2.55 bits per heavy atom. The molecule has 1 atom stereocenters. The van der Waals surface area contributed by atoms with Crippen molar-refractivity contribution in [2.45, 2.75) is 57.4 Å². The first-order chi connectivity index (χ1) is 9.77. The number of phenols is 1. The lowest BCUT2D eigenvalue weighted by atomic mass is 9.76. The molecule has 3 aliphatic rings. The molecule has 0 amide bonds. The molecule has 0 bridgehead atoms. The Kier molecular flexibility index (Phi) is 3.03. The zero-order valence-corrected chi connectivity index (χ0v) is 12.3. The smallest absolute Gasteiger partial charge is 0.119 e. The molecule has 1 spiro atoms. The molecule has 1 aromatic rings. The summed E-state index contributed by atoms with van der Waals surface area (Å²) >= 11 is 0. The number of aromatic hydroxyl groups is 1. The minimum absolute atomic E-state index is 0.509. The Labute approximate surface area is 121 Å². The van der Waals surface area contributed by atoms with E-state index in [2.05, 4.69) is 11.0 Å². The lowest BCUT2D eigenvalue weighted by Crippen LogP contribution is -2.40. The highest BCUT2D eigenvalue weighted by atomic mass is 16.3. The van der Waals surface area contributed by atoms with Gasteiger partial charge in [0.15, 0.2) is 0 Å². The first kappa shape index (κ1) is 12.7. The van der Waals surface area contributed by atoms with Gasteiger partial charge in [-0.2, -0.15) is 0 Å². The van der Waals surface area contributed by atoms with Crippen LogP contribution < -0.4 is 0 Å². The highest BCUT2D eigenvalue weighted by Crippen LogP contribution is 2.48. The molecule has 1 aromatic carbocycles. The van der Waals surface area contributed by atoms with E-state index in [1.807, 2.05) is 12.1 Å². The van der Waals surface area contributed by atoms with Gasteiger partial charge in [0.1, 0.15) is 5.75 Å². The second-order valence-electron chi connectivity index (χ2n) is 7.14. The highest BCUT2D eigenvalue weighted by molar-refractivity contribution is 5.44. The summed E-state index contributed by atoms with van der Waals surface area (Å²) < 4.78 is 0. The summed E-state index contributed by atoms with van der Waals surface area (Å²) in [5.74, 6) is 0.509. The average Bonchev–Trinajstić information content (AvgIpc) is 3.09. The van der Waals surface area contributed by atoms with Crippen LogP contribution in [0, 0.1) is 5.41 Å². The van der Waals surface area contributed by atoms with Crippen LogP contribution in [0.25, 0.3) is 0 Å². The van der Waals surface area contributed by atoms with Gasteiger partial charge in [-0.1, -0.05) is 25.0 Å². The van der Waals surface area contributed by atoms with E-state index in [1.165, 1.54) is 69.2 Å². The Morgan fingerprint density at radius 1 is 1.05 bits per heavy atom. The third-order valence-electron chi connectivity index (χ3n) is 6.18. The second-order valence-corrected chi connectivity index (χ2v) is 7.14. The van der Waals surface area contributed by atoms with Crippen molar-refractivity contribution in [1.29, 1.82) is 0 Å². The third kappa shape index (κ3) is 1.96. The van der Waals surface area contributed by atoms with Crippen LogP contribution in [0.15, 0.2) is 18.2 Å². The average molecular weight is 271 g/mol. The fourth-order valence-electron chi connectivity index (χ4n) is 4.93. The summed E-state index contributed by atoms with van der Waals surface area (Å²) in [7, 11) is 0. The Balaban J connectivity index is 1.50. The Hall–Kier alpha value is -1.02. The first-order valence-electron chi connectivity index (χ1n) is 8.32. The summed E-state index contributed by atoms with van der Waals surface area (Å²) in [5, 5.41) is 10.00. The number of piperidine rings is 1. The van der Waals surface area contributed by atoms with Crippen molar-refractivity contribution in [3.63, 3.8) is 0 Å². The number of phenolic OH excluding ortho intramolecular Hbond substituents is 1. The number of hydrogen-bond acceptors (Lipinski definition) is 2. The minimum atomic E-state index is 0.509. The number of rotatable bonds is 1. The van der Waals surface area contributed by atoms with Gasteiger partial charge in [0.05, 0.1) is 0 Å². The van der Waals surface area contributed by atoms with E-state index in [1.54, 1.807) is 0 Å². The number of likely N-dealkylation sites (tertiary alicyclic amines) is 1. The standard InChI is InChI=1S/C18H25NO/c20-17-5-3-4-14-15(17)6-7-16(14)19-12-10-18(11-13-19)8-1-2-9-18/h3-5,16,20H,1-2,6-13H2. The molecule has 1 saturated heterocycles. The van der Waals surface area contributed by atoms with Crippen molar-refractivity contribution in [3.8, 4) is 5.75 Å². The number of fused-ring (bicyclic) bond motifs is 1. The van der Waals surface area contributed by atoms with Gasteiger partial charge < -0.3 is 5.11 Å². The van der Waals surface area contributed by atoms with Crippen molar-refractivity contribution in [2.75, 3.05) is 13.1 Å². The third-order valence-corrected chi connectivity index (χ3v) is 6.18. The number of benzene rings is 1. The molecular weight excluding hydrogens is 246 g/mol. The van der Waals surface area contributed by atoms with Gasteiger partial charge in [0, 0.05) is 6.04 Å². The van der Waals surface area contributed by atoms with Gasteiger partial charge in [0.2, 0.25) is 0 Å². The van der Waals surface area contributed by atoms with Crippen molar-refractivity contribution < 1.29 is 5.11 Å². The molecule has 20 heavy (non-hydrogen) atoms. The first-order valence-corrected chi connectivity index (χ1v) is 8.32. The molecule has 1 N–H and O–H groups in total. The van der Waals surface area contributed by atoms with Crippen molar-refractivity contribution in [2.24, 2.45) is 5.41 Å². The number of nitrogens with zero attached hydrogens (tertiary/aromatic N) is 1. The van der Waals surface area contributed by atoms with E-state index in [0.29, 0.717) is 17.2 Å². The Bertz CT molecular complexity index is 494. The van der Waals surface area contributed by atoms with Gasteiger partial charge in [-0.15, -0.1) is 0 Å². The molecule has 0 radical (unpaired) electrons. The molecule has 108 valence electrons. The monoisotopic (exact) mass is 271 g/mol. The van der Waals surface area contributed by atoms with E-state index in [-0.39, 0.29) is 0 Å². The van der Waals surface area contributed by atoms with Gasteiger partial charge in [-0.25, -0.2) is 0 Å². The molecule has 2 nitrogen and oxygen atoms in total. The zero-order chi connectivity index (χ0) is 13.6. The lowest BCUT2D eigenvalue weighted by molar-refractivity contribution is 0.0758. The van der Waals surface area contributed by atoms with E-state index in [9.17, 15) is 5.11 Å². The van der Waals surface area contributed by atoms with Crippen LogP contribution >= 0.6 is 0 Å². The molecule has 2 fully saturated rings. The maximum absolute atomic E-state index is 10.00. The molecule has 2 heteroatoms. The summed E-state index contributed by atoms with van der Waals surface area (Å²) in [6.07, 6.45) is 10.9. The zero-order valence-electron chi connectivity index (χ0n) is 12.3. The minimum Gasteiger partial charge on any atom is -0.508 e. The van der Waals surface area contributed by atoms with Crippen molar-refractivity contribution in [1.82, 2.24) is 4.90 Å². The Morgan fingerprint density at radius 2 is 1.80 bits per heavy atom. The normalized spacial score (nSPS) is 28.9. The van der Waals surface area contributed by atoms with Crippen LogP contribution in [0.5, 0.6) is 5.75 Å². The van der Waals surface area contributed by atoms with Crippen LogP contribution in [-0.4, -0.2) is 23.1 Å². The molecule has 4 rings (SSSR count). The lowest BCUT2D eigenvalue weighted by Gasteiger charge is -2.42.